The highest BCUT2D eigenvalue weighted by atomic mass is 16.6. The van der Waals surface area contributed by atoms with E-state index in [0.717, 1.165) is 28.9 Å². The van der Waals surface area contributed by atoms with Crippen molar-refractivity contribution in [3.8, 4) is 5.75 Å². The fraction of sp³-hybridized carbons (Fsp3) is 0.348. The molecule has 4 rings (SSSR count). The van der Waals surface area contributed by atoms with Gasteiger partial charge in [0.05, 0.1) is 32.4 Å². The number of benzene rings is 2. The van der Waals surface area contributed by atoms with Crippen LogP contribution in [-0.4, -0.2) is 43.4 Å². The van der Waals surface area contributed by atoms with Crippen LogP contribution in [0.2, 0.25) is 0 Å². The third-order valence-electron chi connectivity index (χ3n) is 5.32. The minimum atomic E-state index is -0.284. The van der Waals surface area contributed by atoms with Crippen molar-refractivity contribution >= 4 is 11.7 Å². The van der Waals surface area contributed by atoms with Crippen molar-refractivity contribution in [2.75, 3.05) is 20.3 Å². The van der Waals surface area contributed by atoms with E-state index in [9.17, 15) is 4.79 Å². The van der Waals surface area contributed by atoms with Gasteiger partial charge >= 0.3 is 6.09 Å². The Morgan fingerprint density at radius 2 is 2.00 bits per heavy atom. The minimum absolute atomic E-state index is 0.0342. The van der Waals surface area contributed by atoms with Gasteiger partial charge in [0, 0.05) is 5.56 Å². The molecule has 5 nitrogen and oxygen atoms in total. The molecule has 2 unspecified atom stereocenters. The van der Waals surface area contributed by atoms with Crippen LogP contribution < -0.4 is 4.74 Å². The number of aryl methyl sites for hydroxylation is 1. The highest BCUT2D eigenvalue weighted by Crippen LogP contribution is 2.37. The number of carbonyl (C=O) groups excluding carboxylic acids is 1. The first-order valence-corrected chi connectivity index (χ1v) is 9.58. The lowest BCUT2D eigenvalue weighted by molar-refractivity contribution is -0.0342. The zero-order chi connectivity index (χ0) is 19.5. The molecule has 0 N–H and O–H groups in total. The number of fused-ring (bicyclic) bond motifs is 2. The van der Waals surface area contributed by atoms with Gasteiger partial charge in [-0.1, -0.05) is 48.5 Å². The Labute approximate surface area is 165 Å². The molecule has 2 aliphatic rings. The molecule has 2 atom stereocenters. The summed E-state index contributed by atoms with van der Waals surface area (Å²) >= 11 is 0. The van der Waals surface area contributed by atoms with Crippen LogP contribution >= 0.6 is 0 Å². The summed E-state index contributed by atoms with van der Waals surface area (Å²) in [5, 5.41) is 0. The monoisotopic (exact) mass is 379 g/mol. The first kappa shape index (κ1) is 18.6. The van der Waals surface area contributed by atoms with E-state index in [1.165, 1.54) is 5.57 Å². The molecular weight excluding hydrogens is 354 g/mol. The molecule has 0 aliphatic carbocycles. The summed E-state index contributed by atoms with van der Waals surface area (Å²) in [6.45, 7) is 3.32. The van der Waals surface area contributed by atoms with E-state index in [0.29, 0.717) is 13.2 Å². The van der Waals surface area contributed by atoms with Crippen molar-refractivity contribution in [3.63, 3.8) is 0 Å². The molecule has 0 saturated carbocycles. The Kier molecular flexibility index (Phi) is 5.35. The van der Waals surface area contributed by atoms with Gasteiger partial charge in [0.2, 0.25) is 0 Å². The second kappa shape index (κ2) is 8.07. The molecule has 28 heavy (non-hydrogen) atoms. The summed E-state index contributed by atoms with van der Waals surface area (Å²) in [4.78, 5) is 14.6. The molecule has 1 fully saturated rings. The van der Waals surface area contributed by atoms with Gasteiger partial charge in [-0.3, -0.25) is 4.90 Å². The smallest absolute Gasteiger partial charge is 0.411 e. The maximum atomic E-state index is 12.8. The van der Waals surface area contributed by atoms with Crippen molar-refractivity contribution in [2.45, 2.75) is 32.0 Å². The molecule has 2 heterocycles. The highest BCUT2D eigenvalue weighted by Gasteiger charge is 2.39. The average molecular weight is 379 g/mol. The topological polar surface area (TPSA) is 48.0 Å². The fourth-order valence-corrected chi connectivity index (χ4v) is 3.94. The normalized spacial score (nSPS) is 21.1. The van der Waals surface area contributed by atoms with Crippen LogP contribution in [0.4, 0.5) is 4.79 Å². The fourth-order valence-electron chi connectivity index (χ4n) is 3.94. The summed E-state index contributed by atoms with van der Waals surface area (Å²) in [6, 6.07) is 15.8. The molecule has 5 heteroatoms. The largest absolute Gasteiger partial charge is 0.496 e. The van der Waals surface area contributed by atoms with Gasteiger partial charge in [-0.25, -0.2) is 4.79 Å². The van der Waals surface area contributed by atoms with Gasteiger partial charge in [-0.15, -0.1) is 0 Å². The Morgan fingerprint density at radius 3 is 2.75 bits per heavy atom. The van der Waals surface area contributed by atoms with E-state index in [4.69, 9.17) is 14.2 Å². The van der Waals surface area contributed by atoms with Crippen LogP contribution in [0, 0.1) is 6.92 Å². The van der Waals surface area contributed by atoms with Gasteiger partial charge in [-0.2, -0.15) is 0 Å². The Hall–Kier alpha value is -2.79. The first-order chi connectivity index (χ1) is 13.7. The minimum Gasteiger partial charge on any atom is -0.496 e. The van der Waals surface area contributed by atoms with Crippen LogP contribution in [0.3, 0.4) is 0 Å². The molecule has 1 amide bonds. The molecule has 2 bridgehead atoms. The Bertz CT molecular complexity index is 877. The molecule has 2 aromatic rings. The van der Waals surface area contributed by atoms with Crippen molar-refractivity contribution < 1.29 is 19.0 Å². The van der Waals surface area contributed by atoms with E-state index >= 15 is 0 Å². The number of ether oxygens (including phenoxy) is 3. The standard InChI is InChI=1S/C23H25NO4/c1-16-8-9-21(22(10-16)26-2)18-11-19-14-27-15-20(12-18)24(19)23(25)28-13-17-6-4-3-5-7-17/h3-11,19-20H,12-15H2,1-2H3. The zero-order valence-electron chi connectivity index (χ0n) is 16.3. The van der Waals surface area contributed by atoms with E-state index < -0.39 is 0 Å². The summed E-state index contributed by atoms with van der Waals surface area (Å²) < 4.78 is 16.9. The van der Waals surface area contributed by atoms with Crippen LogP contribution in [0.15, 0.2) is 54.6 Å². The van der Waals surface area contributed by atoms with E-state index in [2.05, 4.69) is 25.1 Å². The van der Waals surface area contributed by atoms with E-state index in [1.54, 1.807) is 7.11 Å². The number of hydrogen-bond acceptors (Lipinski definition) is 4. The maximum absolute atomic E-state index is 12.8. The van der Waals surface area contributed by atoms with Crippen LogP contribution in [0.25, 0.3) is 5.57 Å². The number of rotatable bonds is 4. The SMILES string of the molecule is COc1cc(C)ccc1C1=CC2COCC(C1)N2C(=O)OCc1ccccc1. The van der Waals surface area contributed by atoms with Gasteiger partial charge in [-0.05, 0) is 36.1 Å². The lowest BCUT2D eigenvalue weighted by Gasteiger charge is -2.43. The summed E-state index contributed by atoms with van der Waals surface area (Å²) in [6.07, 6.45) is 2.55. The van der Waals surface area contributed by atoms with Crippen LogP contribution in [-0.2, 0) is 16.1 Å². The number of methoxy groups -OCH3 is 1. The number of nitrogens with zero attached hydrogens (tertiary/aromatic N) is 1. The lowest BCUT2D eigenvalue weighted by Crippen LogP contribution is -2.56. The van der Waals surface area contributed by atoms with Crippen LogP contribution in [0.1, 0.15) is 23.1 Å². The van der Waals surface area contributed by atoms with Gasteiger partial charge in [0.25, 0.3) is 0 Å². The van der Waals surface area contributed by atoms with Gasteiger partial charge in [0.15, 0.2) is 0 Å². The second-order valence-corrected chi connectivity index (χ2v) is 7.31. The van der Waals surface area contributed by atoms with E-state index in [-0.39, 0.29) is 24.8 Å². The first-order valence-electron chi connectivity index (χ1n) is 9.58. The second-order valence-electron chi connectivity index (χ2n) is 7.31. The quantitative estimate of drug-likeness (QED) is 0.799. The number of carbonyl (C=O) groups is 1. The summed E-state index contributed by atoms with van der Waals surface area (Å²) in [7, 11) is 1.69. The molecular formula is C23H25NO4. The van der Waals surface area contributed by atoms with Crippen LogP contribution in [0.5, 0.6) is 5.75 Å². The predicted molar refractivity (Wildman–Crippen MR) is 107 cm³/mol. The summed E-state index contributed by atoms with van der Waals surface area (Å²) in [5.74, 6) is 0.866. The third kappa shape index (κ3) is 3.76. The van der Waals surface area contributed by atoms with E-state index in [1.807, 2.05) is 41.3 Å². The van der Waals surface area contributed by atoms with Crippen molar-refractivity contribution in [1.29, 1.82) is 0 Å². The molecule has 2 aliphatic heterocycles. The average Bonchev–Trinajstić information content (AvgIpc) is 2.71. The third-order valence-corrected chi connectivity index (χ3v) is 5.32. The van der Waals surface area contributed by atoms with Crippen molar-refractivity contribution in [3.05, 3.63) is 71.3 Å². The highest BCUT2D eigenvalue weighted by molar-refractivity contribution is 5.76. The molecule has 0 aromatic heterocycles. The molecule has 0 radical (unpaired) electrons. The number of morpholine rings is 1. The lowest BCUT2D eigenvalue weighted by atomic mass is 9.89. The zero-order valence-corrected chi connectivity index (χ0v) is 16.3. The summed E-state index contributed by atoms with van der Waals surface area (Å²) in [5.41, 5.74) is 4.42. The number of hydrogen-bond donors (Lipinski definition) is 0. The Balaban J connectivity index is 1.53. The maximum Gasteiger partial charge on any atom is 0.411 e. The van der Waals surface area contributed by atoms with Gasteiger partial charge in [0.1, 0.15) is 12.4 Å². The Morgan fingerprint density at radius 1 is 1.18 bits per heavy atom. The van der Waals surface area contributed by atoms with Gasteiger partial charge < -0.3 is 14.2 Å². The van der Waals surface area contributed by atoms with Crippen molar-refractivity contribution in [1.82, 2.24) is 4.90 Å². The molecule has 0 spiro atoms. The predicted octanol–water partition coefficient (Wildman–Crippen LogP) is 4.20. The molecule has 1 saturated heterocycles. The number of amides is 1. The van der Waals surface area contributed by atoms with Crippen molar-refractivity contribution in [2.24, 2.45) is 0 Å². The molecule has 146 valence electrons. The molecule has 2 aromatic carbocycles.